The first-order chi connectivity index (χ1) is 9.18. The maximum absolute atomic E-state index is 12.0. The summed E-state index contributed by atoms with van der Waals surface area (Å²) in [5, 5.41) is 14.7. The Morgan fingerprint density at radius 3 is 2.42 bits per heavy atom. The van der Waals surface area contributed by atoms with Gasteiger partial charge in [-0.15, -0.1) is 0 Å². The Kier molecular flexibility index (Phi) is 4.38. The molecule has 6 heteroatoms. The average molecular weight is 265 g/mol. The van der Waals surface area contributed by atoms with Gasteiger partial charge in [-0.3, -0.25) is 9.59 Å². The predicted octanol–water partition coefficient (Wildman–Crippen LogP) is -0.0508. The van der Waals surface area contributed by atoms with Crippen LogP contribution in [-0.2, 0) is 14.3 Å². The first kappa shape index (κ1) is 13.8. The molecule has 2 N–H and O–H groups in total. The van der Waals surface area contributed by atoms with Crippen molar-refractivity contribution in [3.63, 3.8) is 0 Å². The van der Waals surface area contributed by atoms with E-state index in [1.165, 1.54) is 0 Å². The number of hydrogen-bond donors (Lipinski definition) is 2. The summed E-state index contributed by atoms with van der Waals surface area (Å²) >= 11 is 0. The number of ether oxygens (including phenoxy) is 1. The Morgan fingerprint density at radius 2 is 1.84 bits per heavy atom. The summed E-state index contributed by atoms with van der Waals surface area (Å²) in [4.78, 5) is 23.4. The van der Waals surface area contributed by atoms with Crippen LogP contribution in [0.4, 0.5) is 0 Å². The molecule has 1 saturated heterocycles. The van der Waals surface area contributed by atoms with Gasteiger partial charge in [-0.2, -0.15) is 5.26 Å². The van der Waals surface area contributed by atoms with Crippen molar-refractivity contribution in [2.24, 2.45) is 11.3 Å². The van der Waals surface area contributed by atoms with Crippen LogP contribution in [0.3, 0.4) is 0 Å². The SMILES string of the molecule is N#CC1(C(=O)NCCNC(=O)C2CC2)CCOCC1. The fourth-order valence-electron chi connectivity index (χ4n) is 2.13. The molecule has 1 heterocycles. The summed E-state index contributed by atoms with van der Waals surface area (Å²) in [6.07, 6.45) is 2.80. The first-order valence-electron chi connectivity index (χ1n) is 6.73. The molecular formula is C13H19N3O3. The minimum Gasteiger partial charge on any atom is -0.381 e. The Bertz CT molecular complexity index is 392. The zero-order valence-corrected chi connectivity index (χ0v) is 10.9. The maximum atomic E-state index is 12.0. The van der Waals surface area contributed by atoms with Crippen molar-refractivity contribution in [3.05, 3.63) is 0 Å². The second-order valence-corrected chi connectivity index (χ2v) is 5.13. The Morgan fingerprint density at radius 1 is 1.21 bits per heavy atom. The van der Waals surface area contributed by atoms with Gasteiger partial charge in [0.1, 0.15) is 5.41 Å². The number of nitriles is 1. The molecule has 0 aromatic rings. The van der Waals surface area contributed by atoms with Crippen LogP contribution < -0.4 is 10.6 Å². The normalized spacial score (nSPS) is 21.2. The molecule has 1 aliphatic heterocycles. The lowest BCUT2D eigenvalue weighted by Crippen LogP contribution is -2.46. The smallest absolute Gasteiger partial charge is 0.240 e. The molecule has 0 atom stereocenters. The van der Waals surface area contributed by atoms with Crippen LogP contribution in [0.1, 0.15) is 25.7 Å². The second-order valence-electron chi connectivity index (χ2n) is 5.13. The van der Waals surface area contributed by atoms with Crippen LogP contribution in [0.15, 0.2) is 0 Å². The van der Waals surface area contributed by atoms with Crippen molar-refractivity contribution in [2.75, 3.05) is 26.3 Å². The van der Waals surface area contributed by atoms with E-state index in [4.69, 9.17) is 4.74 Å². The van der Waals surface area contributed by atoms with E-state index in [9.17, 15) is 14.9 Å². The molecule has 0 unspecified atom stereocenters. The van der Waals surface area contributed by atoms with Gasteiger partial charge in [0.2, 0.25) is 11.8 Å². The van der Waals surface area contributed by atoms with E-state index in [0.717, 1.165) is 12.8 Å². The van der Waals surface area contributed by atoms with E-state index in [1.54, 1.807) is 0 Å². The summed E-state index contributed by atoms with van der Waals surface area (Å²) in [7, 11) is 0. The molecule has 2 amide bonds. The highest BCUT2D eigenvalue weighted by Gasteiger charge is 2.40. The lowest BCUT2D eigenvalue weighted by molar-refractivity contribution is -0.132. The van der Waals surface area contributed by atoms with Gasteiger partial charge in [-0.25, -0.2) is 0 Å². The standard InChI is InChI=1S/C13H19N3O3/c14-9-13(3-7-19-8-4-13)12(18)16-6-5-15-11(17)10-1-2-10/h10H,1-8H2,(H,15,17)(H,16,18). The highest BCUT2D eigenvalue weighted by Crippen LogP contribution is 2.30. The topological polar surface area (TPSA) is 91.2 Å². The maximum Gasteiger partial charge on any atom is 0.240 e. The fraction of sp³-hybridized carbons (Fsp3) is 0.769. The number of carbonyl (C=O) groups is 2. The molecule has 19 heavy (non-hydrogen) atoms. The number of carbonyl (C=O) groups excluding carboxylic acids is 2. The van der Waals surface area contributed by atoms with Gasteiger partial charge < -0.3 is 15.4 Å². The molecule has 2 rings (SSSR count). The third kappa shape index (κ3) is 3.44. The molecule has 0 aromatic heterocycles. The van der Waals surface area contributed by atoms with Gasteiger partial charge in [0.05, 0.1) is 6.07 Å². The number of nitrogens with zero attached hydrogens (tertiary/aromatic N) is 1. The molecule has 0 aromatic carbocycles. The lowest BCUT2D eigenvalue weighted by Gasteiger charge is -2.29. The molecule has 1 saturated carbocycles. The van der Waals surface area contributed by atoms with Crippen LogP contribution in [0.2, 0.25) is 0 Å². The number of amides is 2. The zero-order valence-electron chi connectivity index (χ0n) is 10.9. The summed E-state index contributed by atoms with van der Waals surface area (Å²) in [5.41, 5.74) is -0.960. The van der Waals surface area contributed by atoms with E-state index in [1.807, 2.05) is 0 Å². The largest absolute Gasteiger partial charge is 0.381 e. The summed E-state index contributed by atoms with van der Waals surface area (Å²) < 4.78 is 5.18. The fourth-order valence-corrected chi connectivity index (χ4v) is 2.13. The second kappa shape index (κ2) is 6.02. The number of rotatable bonds is 5. The van der Waals surface area contributed by atoms with Crippen LogP contribution in [0.5, 0.6) is 0 Å². The van der Waals surface area contributed by atoms with Crippen LogP contribution in [0.25, 0.3) is 0 Å². The van der Waals surface area contributed by atoms with Gasteiger partial charge in [0, 0.05) is 32.2 Å². The Balaban J connectivity index is 1.70. The molecule has 104 valence electrons. The van der Waals surface area contributed by atoms with Gasteiger partial charge >= 0.3 is 0 Å². The van der Waals surface area contributed by atoms with Gasteiger partial charge in [0.15, 0.2) is 0 Å². The third-order valence-electron chi connectivity index (χ3n) is 3.65. The summed E-state index contributed by atoms with van der Waals surface area (Å²) in [6.45, 7) is 1.67. The van der Waals surface area contributed by atoms with Gasteiger partial charge in [-0.1, -0.05) is 0 Å². The predicted molar refractivity (Wildman–Crippen MR) is 66.8 cm³/mol. The van der Waals surface area contributed by atoms with Crippen molar-refractivity contribution in [1.29, 1.82) is 5.26 Å². The van der Waals surface area contributed by atoms with Crippen LogP contribution in [0, 0.1) is 22.7 Å². The van der Waals surface area contributed by atoms with E-state index in [0.29, 0.717) is 39.1 Å². The summed E-state index contributed by atoms with van der Waals surface area (Å²) in [6, 6.07) is 2.12. The molecule has 2 aliphatic rings. The zero-order chi connectivity index (χ0) is 13.7. The molecule has 0 spiro atoms. The van der Waals surface area contributed by atoms with E-state index in [2.05, 4.69) is 16.7 Å². The van der Waals surface area contributed by atoms with E-state index < -0.39 is 5.41 Å². The van der Waals surface area contributed by atoms with E-state index in [-0.39, 0.29) is 17.7 Å². The van der Waals surface area contributed by atoms with Crippen molar-refractivity contribution in [2.45, 2.75) is 25.7 Å². The van der Waals surface area contributed by atoms with Crippen molar-refractivity contribution < 1.29 is 14.3 Å². The molecule has 6 nitrogen and oxygen atoms in total. The Hall–Kier alpha value is -1.61. The average Bonchev–Trinajstić information content (AvgIpc) is 3.28. The molecule has 0 bridgehead atoms. The van der Waals surface area contributed by atoms with Gasteiger partial charge in [0.25, 0.3) is 0 Å². The number of hydrogen-bond acceptors (Lipinski definition) is 4. The summed E-state index contributed by atoms with van der Waals surface area (Å²) in [5.74, 6) is -0.00840. The van der Waals surface area contributed by atoms with Crippen molar-refractivity contribution in [3.8, 4) is 6.07 Å². The minimum absolute atomic E-state index is 0.0651. The number of nitrogens with one attached hydrogen (secondary N) is 2. The quantitative estimate of drug-likeness (QED) is 0.682. The highest BCUT2D eigenvalue weighted by molar-refractivity contribution is 5.85. The third-order valence-corrected chi connectivity index (χ3v) is 3.65. The molecular weight excluding hydrogens is 246 g/mol. The minimum atomic E-state index is -0.960. The highest BCUT2D eigenvalue weighted by atomic mass is 16.5. The van der Waals surface area contributed by atoms with E-state index >= 15 is 0 Å². The van der Waals surface area contributed by atoms with Crippen molar-refractivity contribution >= 4 is 11.8 Å². The lowest BCUT2D eigenvalue weighted by atomic mass is 9.81. The molecule has 2 fully saturated rings. The molecule has 0 radical (unpaired) electrons. The van der Waals surface area contributed by atoms with Crippen LogP contribution >= 0.6 is 0 Å². The molecule has 1 aliphatic carbocycles. The van der Waals surface area contributed by atoms with Crippen LogP contribution in [-0.4, -0.2) is 38.1 Å². The monoisotopic (exact) mass is 265 g/mol. The van der Waals surface area contributed by atoms with Crippen molar-refractivity contribution in [1.82, 2.24) is 10.6 Å². The Labute approximate surface area is 112 Å². The van der Waals surface area contributed by atoms with Gasteiger partial charge in [-0.05, 0) is 25.7 Å². The first-order valence-corrected chi connectivity index (χ1v) is 6.73.